The molecule has 0 amide bonds. The number of nitrogens with zero attached hydrogens (tertiary/aromatic N) is 2. The third kappa shape index (κ3) is 2.06. The minimum Gasteiger partial charge on any atom is -0.469 e. The zero-order chi connectivity index (χ0) is 15.4. The summed E-state index contributed by atoms with van der Waals surface area (Å²) in [6.07, 6.45) is 4.83. The summed E-state index contributed by atoms with van der Waals surface area (Å²) in [6, 6.07) is 1.45. The zero-order valence-corrected chi connectivity index (χ0v) is 14.0. The molecule has 3 unspecified atom stereocenters. The quantitative estimate of drug-likeness (QED) is 0.597. The van der Waals surface area contributed by atoms with Crippen LogP contribution in [0.2, 0.25) is 0 Å². The molecular weight excluding hydrogens is 336 g/mol. The molecule has 0 aliphatic heterocycles. The van der Waals surface area contributed by atoms with Gasteiger partial charge in [-0.05, 0) is 46.5 Å². The lowest BCUT2D eigenvalue weighted by molar-refractivity contribution is -0.386. The van der Waals surface area contributed by atoms with Crippen molar-refractivity contribution in [3.63, 3.8) is 0 Å². The van der Waals surface area contributed by atoms with Crippen LogP contribution in [0.4, 0.5) is 5.69 Å². The summed E-state index contributed by atoms with van der Waals surface area (Å²) in [5, 5.41) is 11.2. The predicted octanol–water partition coefficient (Wildman–Crippen LogP) is 4.35. The van der Waals surface area contributed by atoms with E-state index in [1.807, 2.05) is 0 Å². The maximum atomic E-state index is 11.2. The van der Waals surface area contributed by atoms with Gasteiger partial charge < -0.3 is 4.74 Å². The van der Waals surface area contributed by atoms with E-state index in [0.717, 1.165) is 12.8 Å². The van der Waals surface area contributed by atoms with Crippen LogP contribution in [-0.4, -0.2) is 16.0 Å². The monoisotopic (exact) mass is 354 g/mol. The molecule has 1 aromatic rings. The Bertz CT molecular complexity index is 605. The number of ether oxygens (including phenoxy) is 1. The van der Waals surface area contributed by atoms with Gasteiger partial charge in [0.15, 0.2) is 0 Å². The Hall–Kier alpha value is -1.17. The largest absolute Gasteiger partial charge is 0.469 e. The van der Waals surface area contributed by atoms with Crippen LogP contribution in [-0.2, 0) is 0 Å². The summed E-state index contributed by atoms with van der Waals surface area (Å²) >= 11 is 3.22. The van der Waals surface area contributed by atoms with E-state index >= 15 is 0 Å². The van der Waals surface area contributed by atoms with Crippen molar-refractivity contribution in [2.75, 3.05) is 0 Å². The first-order chi connectivity index (χ1) is 9.75. The molecule has 5 nitrogen and oxygen atoms in total. The standard InChI is InChI=1S/C15H19BrN2O3/c1-14(2)9-4-5-15(14,3)12(6-9)21-13-11(18(19)20)7-10(16)8-17-13/h7-9,12H,4-6H2,1-3H3. The molecule has 2 aliphatic rings. The summed E-state index contributed by atoms with van der Waals surface area (Å²) in [4.78, 5) is 14.9. The van der Waals surface area contributed by atoms with E-state index in [4.69, 9.17) is 4.74 Å². The fourth-order valence-electron chi connectivity index (χ4n) is 4.08. The van der Waals surface area contributed by atoms with Crippen molar-refractivity contribution < 1.29 is 9.66 Å². The lowest BCUT2D eigenvalue weighted by Gasteiger charge is -2.38. The van der Waals surface area contributed by atoms with Crippen molar-refractivity contribution in [2.45, 2.75) is 46.1 Å². The average molecular weight is 355 g/mol. The van der Waals surface area contributed by atoms with E-state index in [-0.39, 0.29) is 28.5 Å². The maximum absolute atomic E-state index is 11.2. The van der Waals surface area contributed by atoms with E-state index < -0.39 is 4.92 Å². The molecule has 0 N–H and O–H groups in total. The summed E-state index contributed by atoms with van der Waals surface area (Å²) in [7, 11) is 0. The molecule has 0 spiro atoms. The summed E-state index contributed by atoms with van der Waals surface area (Å²) in [6.45, 7) is 6.82. The fourth-order valence-corrected chi connectivity index (χ4v) is 4.40. The van der Waals surface area contributed by atoms with Gasteiger partial charge >= 0.3 is 5.69 Å². The number of hydrogen-bond donors (Lipinski definition) is 0. The topological polar surface area (TPSA) is 65.3 Å². The van der Waals surface area contributed by atoms with Gasteiger partial charge in [0.05, 0.1) is 4.92 Å². The molecular formula is C15H19BrN2O3. The minimum absolute atomic E-state index is 0.00127. The Kier molecular flexibility index (Phi) is 3.28. The summed E-state index contributed by atoms with van der Waals surface area (Å²) < 4.78 is 6.61. The Balaban J connectivity index is 1.91. The van der Waals surface area contributed by atoms with Gasteiger partial charge in [0.1, 0.15) is 6.10 Å². The summed E-state index contributed by atoms with van der Waals surface area (Å²) in [5.74, 6) is 0.764. The first-order valence-corrected chi connectivity index (χ1v) is 8.01. The smallest absolute Gasteiger partial charge is 0.332 e. The van der Waals surface area contributed by atoms with Gasteiger partial charge in [-0.2, -0.15) is 0 Å². The van der Waals surface area contributed by atoms with Gasteiger partial charge in [-0.3, -0.25) is 10.1 Å². The van der Waals surface area contributed by atoms with Crippen LogP contribution in [0.5, 0.6) is 5.88 Å². The molecule has 3 rings (SSSR count). The predicted molar refractivity (Wildman–Crippen MR) is 82.2 cm³/mol. The normalized spacial score (nSPS) is 33.1. The molecule has 0 saturated heterocycles. The number of rotatable bonds is 3. The third-order valence-electron chi connectivity index (χ3n) is 5.96. The van der Waals surface area contributed by atoms with Crippen molar-refractivity contribution in [3.8, 4) is 5.88 Å². The second-order valence-electron chi connectivity index (χ2n) is 6.95. The van der Waals surface area contributed by atoms with Crippen molar-refractivity contribution >= 4 is 21.6 Å². The lowest BCUT2D eigenvalue weighted by atomic mass is 9.70. The van der Waals surface area contributed by atoms with Crippen LogP contribution in [0.1, 0.15) is 40.0 Å². The molecule has 1 aromatic heterocycles. The van der Waals surface area contributed by atoms with Crippen LogP contribution in [0.15, 0.2) is 16.7 Å². The molecule has 3 atom stereocenters. The van der Waals surface area contributed by atoms with Crippen LogP contribution in [0, 0.1) is 26.9 Å². The molecule has 2 aliphatic carbocycles. The second kappa shape index (κ2) is 4.66. The molecule has 6 heteroatoms. The lowest BCUT2D eigenvalue weighted by Crippen LogP contribution is -2.39. The zero-order valence-electron chi connectivity index (χ0n) is 12.4. The molecule has 1 heterocycles. The molecule has 21 heavy (non-hydrogen) atoms. The summed E-state index contributed by atoms with van der Waals surface area (Å²) in [5.41, 5.74) is 0.191. The molecule has 2 fully saturated rings. The van der Waals surface area contributed by atoms with Crippen molar-refractivity contribution in [2.24, 2.45) is 16.7 Å². The highest BCUT2D eigenvalue weighted by atomic mass is 79.9. The molecule has 0 radical (unpaired) electrons. The van der Waals surface area contributed by atoms with E-state index in [0.29, 0.717) is 10.4 Å². The van der Waals surface area contributed by atoms with E-state index in [1.165, 1.54) is 12.5 Å². The SMILES string of the molecule is CC1(C)C2CCC1(C)C(Oc1ncc(Br)cc1[N+](=O)[O-])C2. The molecule has 0 aromatic carbocycles. The van der Waals surface area contributed by atoms with Crippen molar-refractivity contribution in [1.82, 2.24) is 4.98 Å². The van der Waals surface area contributed by atoms with Gasteiger partial charge in [-0.1, -0.05) is 20.8 Å². The van der Waals surface area contributed by atoms with Gasteiger partial charge in [0.2, 0.25) is 0 Å². The van der Waals surface area contributed by atoms with Gasteiger partial charge in [0, 0.05) is 22.2 Å². The van der Waals surface area contributed by atoms with Crippen molar-refractivity contribution in [3.05, 3.63) is 26.9 Å². The Morgan fingerprint density at radius 2 is 2.19 bits per heavy atom. The molecule has 2 bridgehead atoms. The highest BCUT2D eigenvalue weighted by Crippen LogP contribution is 2.66. The first kappa shape index (κ1) is 14.8. The van der Waals surface area contributed by atoms with Crippen LogP contribution >= 0.6 is 15.9 Å². The fraction of sp³-hybridized carbons (Fsp3) is 0.667. The van der Waals surface area contributed by atoms with Crippen LogP contribution in [0.3, 0.4) is 0 Å². The third-order valence-corrected chi connectivity index (χ3v) is 6.40. The van der Waals surface area contributed by atoms with Crippen LogP contribution in [0.25, 0.3) is 0 Å². The second-order valence-corrected chi connectivity index (χ2v) is 7.87. The Labute approximate surface area is 132 Å². The number of fused-ring (bicyclic) bond motifs is 2. The molecule has 114 valence electrons. The van der Waals surface area contributed by atoms with Gasteiger partial charge in [0.25, 0.3) is 5.88 Å². The van der Waals surface area contributed by atoms with E-state index in [1.54, 1.807) is 6.20 Å². The minimum atomic E-state index is -0.437. The van der Waals surface area contributed by atoms with E-state index in [9.17, 15) is 10.1 Å². The number of nitro groups is 1. The number of halogens is 1. The Morgan fingerprint density at radius 1 is 1.48 bits per heavy atom. The van der Waals surface area contributed by atoms with Gasteiger partial charge in [-0.15, -0.1) is 0 Å². The van der Waals surface area contributed by atoms with Gasteiger partial charge in [-0.25, -0.2) is 4.98 Å². The first-order valence-electron chi connectivity index (χ1n) is 7.22. The molecule has 2 saturated carbocycles. The highest BCUT2D eigenvalue weighted by Gasteiger charge is 2.62. The Morgan fingerprint density at radius 3 is 2.71 bits per heavy atom. The van der Waals surface area contributed by atoms with Crippen LogP contribution < -0.4 is 4.74 Å². The van der Waals surface area contributed by atoms with E-state index in [2.05, 4.69) is 41.7 Å². The highest BCUT2D eigenvalue weighted by molar-refractivity contribution is 9.10. The average Bonchev–Trinajstić information content (AvgIpc) is 2.73. The van der Waals surface area contributed by atoms with Crippen molar-refractivity contribution in [1.29, 1.82) is 0 Å². The maximum Gasteiger partial charge on any atom is 0.332 e. The number of hydrogen-bond acceptors (Lipinski definition) is 4. The number of pyridine rings is 1. The number of aromatic nitrogens is 1.